The van der Waals surface area contributed by atoms with Crippen LogP contribution in [-0.2, 0) is 14.3 Å². The Bertz CT molecular complexity index is 1140. The first kappa shape index (κ1) is 21.0. The molecule has 3 aromatic rings. The average molecular weight is 434 g/mol. The molecule has 5 nitrogen and oxygen atoms in total. The van der Waals surface area contributed by atoms with E-state index in [1.54, 1.807) is 29.5 Å². The number of nitrogens with zero attached hydrogens (tertiary/aromatic N) is 1. The smallest absolute Gasteiger partial charge is 0.330 e. The SMILES string of the molecule is COC(=O)/C=C/c1cccc(-c2ccc(-c3cc(=O)cc(N4CCOCC4)s3)cc2)c1. The highest BCUT2D eigenvalue weighted by atomic mass is 32.1. The number of hydrogen-bond acceptors (Lipinski definition) is 6. The van der Waals surface area contributed by atoms with Gasteiger partial charge in [-0.15, -0.1) is 11.3 Å². The summed E-state index contributed by atoms with van der Waals surface area (Å²) in [5, 5.41) is 0.986. The fourth-order valence-electron chi connectivity index (χ4n) is 3.43. The number of esters is 1. The van der Waals surface area contributed by atoms with Crippen molar-refractivity contribution < 1.29 is 14.3 Å². The van der Waals surface area contributed by atoms with Crippen molar-refractivity contribution in [2.75, 3.05) is 38.3 Å². The fourth-order valence-corrected chi connectivity index (χ4v) is 4.57. The number of methoxy groups -OCH3 is 1. The molecule has 0 unspecified atom stereocenters. The predicted octanol–water partition coefficient (Wildman–Crippen LogP) is 4.47. The van der Waals surface area contributed by atoms with Crippen molar-refractivity contribution in [3.63, 3.8) is 0 Å². The Morgan fingerprint density at radius 3 is 2.48 bits per heavy atom. The van der Waals surface area contributed by atoms with Crippen LogP contribution in [0.4, 0.5) is 5.00 Å². The third-order valence-electron chi connectivity index (χ3n) is 5.08. The van der Waals surface area contributed by atoms with Crippen molar-refractivity contribution in [2.24, 2.45) is 0 Å². The van der Waals surface area contributed by atoms with Gasteiger partial charge in [-0.3, -0.25) is 4.79 Å². The minimum Gasteiger partial charge on any atom is -0.466 e. The molecular formula is C25H23NO4S. The van der Waals surface area contributed by atoms with Crippen LogP contribution in [0.15, 0.2) is 71.5 Å². The molecule has 0 saturated carbocycles. The summed E-state index contributed by atoms with van der Waals surface area (Å²) in [5.41, 5.74) is 4.07. The highest BCUT2D eigenvalue weighted by Gasteiger charge is 2.14. The molecule has 0 spiro atoms. The van der Waals surface area contributed by atoms with Crippen molar-refractivity contribution in [2.45, 2.75) is 0 Å². The molecule has 2 aromatic carbocycles. The van der Waals surface area contributed by atoms with Crippen LogP contribution < -0.4 is 10.3 Å². The van der Waals surface area contributed by atoms with E-state index in [1.807, 2.05) is 36.4 Å². The molecule has 2 heterocycles. The van der Waals surface area contributed by atoms with E-state index in [2.05, 4.69) is 21.8 Å². The molecule has 4 rings (SSSR count). The van der Waals surface area contributed by atoms with Gasteiger partial charge in [0.15, 0.2) is 5.43 Å². The van der Waals surface area contributed by atoms with Gasteiger partial charge >= 0.3 is 5.97 Å². The maximum absolute atomic E-state index is 12.3. The summed E-state index contributed by atoms with van der Waals surface area (Å²) in [6.07, 6.45) is 3.14. The van der Waals surface area contributed by atoms with E-state index in [-0.39, 0.29) is 11.4 Å². The van der Waals surface area contributed by atoms with E-state index in [9.17, 15) is 9.59 Å². The second kappa shape index (κ2) is 9.73. The Hall–Kier alpha value is -3.22. The molecule has 0 bridgehead atoms. The van der Waals surface area contributed by atoms with E-state index < -0.39 is 0 Å². The van der Waals surface area contributed by atoms with E-state index in [4.69, 9.17) is 4.74 Å². The van der Waals surface area contributed by atoms with Crippen molar-refractivity contribution in [1.29, 1.82) is 0 Å². The fraction of sp³-hybridized carbons (Fsp3) is 0.200. The number of benzene rings is 2. The minimum absolute atomic E-state index is 0.0180. The maximum Gasteiger partial charge on any atom is 0.330 e. The largest absolute Gasteiger partial charge is 0.466 e. The molecule has 0 aliphatic carbocycles. The number of hydrogen-bond donors (Lipinski definition) is 0. The minimum atomic E-state index is -0.381. The Morgan fingerprint density at radius 1 is 1.00 bits per heavy atom. The first-order chi connectivity index (χ1) is 15.1. The average Bonchev–Trinajstić information content (AvgIpc) is 2.83. The van der Waals surface area contributed by atoms with Crippen molar-refractivity contribution in [1.82, 2.24) is 0 Å². The first-order valence-electron chi connectivity index (χ1n) is 10.1. The second-order valence-corrected chi connectivity index (χ2v) is 8.22. The molecule has 1 fully saturated rings. The zero-order valence-electron chi connectivity index (χ0n) is 17.2. The lowest BCUT2D eigenvalue weighted by atomic mass is 10.0. The van der Waals surface area contributed by atoms with Gasteiger partial charge in [-0.05, 0) is 34.4 Å². The topological polar surface area (TPSA) is 55.8 Å². The summed E-state index contributed by atoms with van der Waals surface area (Å²) in [5.74, 6) is -0.381. The summed E-state index contributed by atoms with van der Waals surface area (Å²) >= 11 is 1.63. The van der Waals surface area contributed by atoms with Crippen LogP contribution >= 0.6 is 11.3 Å². The Kier molecular flexibility index (Phi) is 6.60. The Balaban J connectivity index is 1.58. The predicted molar refractivity (Wildman–Crippen MR) is 126 cm³/mol. The molecule has 6 heteroatoms. The number of carbonyl (C=O) groups excluding carboxylic acids is 1. The summed E-state index contributed by atoms with van der Waals surface area (Å²) in [7, 11) is 1.36. The molecule has 158 valence electrons. The molecule has 0 atom stereocenters. The zero-order chi connectivity index (χ0) is 21.6. The molecule has 0 radical (unpaired) electrons. The van der Waals surface area contributed by atoms with Crippen molar-refractivity contribution in [3.8, 4) is 21.6 Å². The molecule has 1 aliphatic heterocycles. The molecular weight excluding hydrogens is 410 g/mol. The Labute approximate surface area is 185 Å². The summed E-state index contributed by atoms with van der Waals surface area (Å²) in [6.45, 7) is 2.99. The van der Waals surface area contributed by atoms with Gasteiger partial charge in [0.25, 0.3) is 0 Å². The van der Waals surface area contributed by atoms with Crippen LogP contribution in [0.25, 0.3) is 27.6 Å². The van der Waals surface area contributed by atoms with Crippen LogP contribution in [0.2, 0.25) is 0 Å². The van der Waals surface area contributed by atoms with Gasteiger partial charge in [-0.2, -0.15) is 0 Å². The van der Waals surface area contributed by atoms with E-state index >= 15 is 0 Å². The van der Waals surface area contributed by atoms with Crippen LogP contribution in [-0.4, -0.2) is 39.4 Å². The van der Waals surface area contributed by atoms with Gasteiger partial charge in [-0.1, -0.05) is 42.5 Å². The number of anilines is 1. The maximum atomic E-state index is 12.3. The molecule has 1 saturated heterocycles. The molecule has 31 heavy (non-hydrogen) atoms. The quantitative estimate of drug-likeness (QED) is 0.439. The molecule has 0 N–H and O–H groups in total. The first-order valence-corrected chi connectivity index (χ1v) is 10.9. The summed E-state index contributed by atoms with van der Waals surface area (Å²) in [6, 6.07) is 19.5. The van der Waals surface area contributed by atoms with Gasteiger partial charge in [0.2, 0.25) is 0 Å². The number of carbonyl (C=O) groups is 1. The third-order valence-corrected chi connectivity index (χ3v) is 6.24. The molecule has 1 aliphatic rings. The lowest BCUT2D eigenvalue weighted by Crippen LogP contribution is -2.36. The zero-order valence-corrected chi connectivity index (χ0v) is 18.1. The summed E-state index contributed by atoms with van der Waals surface area (Å²) in [4.78, 5) is 26.8. The van der Waals surface area contributed by atoms with Gasteiger partial charge in [0.1, 0.15) is 0 Å². The normalized spacial score (nSPS) is 14.0. The van der Waals surface area contributed by atoms with Gasteiger partial charge in [0.05, 0.1) is 25.3 Å². The van der Waals surface area contributed by atoms with Crippen LogP contribution in [0.1, 0.15) is 5.56 Å². The van der Waals surface area contributed by atoms with Crippen molar-refractivity contribution in [3.05, 3.63) is 82.5 Å². The lowest BCUT2D eigenvalue weighted by molar-refractivity contribution is -0.134. The van der Waals surface area contributed by atoms with E-state index in [0.717, 1.165) is 45.2 Å². The highest BCUT2D eigenvalue weighted by Crippen LogP contribution is 2.32. The molecule has 1 aromatic heterocycles. The number of ether oxygens (including phenoxy) is 2. The van der Waals surface area contributed by atoms with Crippen LogP contribution in [0.5, 0.6) is 0 Å². The van der Waals surface area contributed by atoms with Gasteiger partial charge < -0.3 is 14.4 Å². The highest BCUT2D eigenvalue weighted by molar-refractivity contribution is 7.19. The van der Waals surface area contributed by atoms with Crippen LogP contribution in [0, 0.1) is 0 Å². The van der Waals surface area contributed by atoms with E-state index in [1.165, 1.54) is 13.2 Å². The van der Waals surface area contributed by atoms with Gasteiger partial charge in [-0.25, -0.2) is 4.79 Å². The Morgan fingerprint density at radius 2 is 1.74 bits per heavy atom. The van der Waals surface area contributed by atoms with E-state index in [0.29, 0.717) is 13.2 Å². The second-order valence-electron chi connectivity index (χ2n) is 7.15. The standard InChI is InChI=1S/C25H23NO4S/c1-29-25(28)10-5-18-3-2-4-21(15-18)19-6-8-20(9-7-19)23-16-22(27)17-24(31-23)26-11-13-30-14-12-26/h2-10,15-17H,11-14H2,1H3/b10-5+. The lowest BCUT2D eigenvalue weighted by Gasteiger charge is -2.28. The third kappa shape index (κ3) is 5.29. The van der Waals surface area contributed by atoms with Gasteiger partial charge in [0, 0.05) is 36.2 Å². The summed E-state index contributed by atoms with van der Waals surface area (Å²) < 4.78 is 10.1. The van der Waals surface area contributed by atoms with Crippen LogP contribution in [0.3, 0.4) is 0 Å². The monoisotopic (exact) mass is 433 g/mol. The number of rotatable bonds is 5. The molecule has 0 amide bonds. The number of morpholine rings is 1. The van der Waals surface area contributed by atoms with Crippen molar-refractivity contribution >= 4 is 28.4 Å².